The van der Waals surface area contributed by atoms with E-state index in [0.717, 1.165) is 22.2 Å². The molecule has 0 unspecified atom stereocenters. The molecule has 0 fully saturated rings. The fourth-order valence-corrected chi connectivity index (χ4v) is 2.37. The van der Waals surface area contributed by atoms with Crippen LogP contribution in [0.1, 0.15) is 25.0 Å². The summed E-state index contributed by atoms with van der Waals surface area (Å²) in [6.45, 7) is 2.08. The number of ether oxygens (including phenoxy) is 2. The van der Waals surface area contributed by atoms with Crippen LogP contribution < -0.4 is 4.74 Å². The Kier molecular flexibility index (Phi) is 3.93. The van der Waals surface area contributed by atoms with Crippen LogP contribution >= 0.6 is 15.9 Å². The molecule has 1 aliphatic rings. The molecule has 3 nitrogen and oxygen atoms in total. The Morgan fingerprint density at radius 3 is 2.61 bits per heavy atom. The second-order valence-corrected chi connectivity index (χ2v) is 5.16. The van der Waals surface area contributed by atoms with Crippen molar-refractivity contribution in [3.8, 4) is 11.8 Å². The van der Waals surface area contributed by atoms with Gasteiger partial charge in [-0.1, -0.05) is 35.0 Å². The molecule has 0 amide bonds. The summed E-state index contributed by atoms with van der Waals surface area (Å²) in [5.41, 5.74) is 1.07. The number of nitrogens with zero attached hydrogens (tertiary/aromatic N) is 1. The second-order valence-electron chi connectivity index (χ2n) is 4.31. The van der Waals surface area contributed by atoms with Crippen LogP contribution in [0.15, 0.2) is 34.5 Å². The number of benzene rings is 1. The van der Waals surface area contributed by atoms with Crippen LogP contribution in [0.5, 0.6) is 5.75 Å². The fraction of sp³-hybridized carbons (Fsp3) is 0.357. The van der Waals surface area contributed by atoms with Crippen LogP contribution in [-0.2, 0) is 4.74 Å². The van der Waals surface area contributed by atoms with E-state index in [9.17, 15) is 0 Å². The second kappa shape index (κ2) is 5.45. The maximum Gasteiger partial charge on any atom is 0.208 e. The first-order chi connectivity index (χ1) is 8.65. The summed E-state index contributed by atoms with van der Waals surface area (Å²) in [5.74, 6) is 1.50. The Bertz CT molecular complexity index is 502. The standard InChI is InChI=1S/C14H14BrNO2/c1-9-7-12(18-13(8-16)14(9)15)10-3-5-11(17-2)6-4-10/h3-6,9,12H,7H2,1-2H3/t9-,12-/m0/s1. The van der Waals surface area contributed by atoms with Crippen molar-refractivity contribution in [3.05, 3.63) is 40.1 Å². The maximum atomic E-state index is 9.04. The van der Waals surface area contributed by atoms with Crippen molar-refractivity contribution < 1.29 is 9.47 Å². The van der Waals surface area contributed by atoms with Gasteiger partial charge in [-0.25, -0.2) is 0 Å². The van der Waals surface area contributed by atoms with Gasteiger partial charge in [-0.2, -0.15) is 5.26 Å². The molecule has 0 aromatic heterocycles. The van der Waals surface area contributed by atoms with E-state index in [4.69, 9.17) is 14.7 Å². The number of hydrogen-bond donors (Lipinski definition) is 0. The molecule has 0 saturated heterocycles. The lowest BCUT2D eigenvalue weighted by molar-refractivity contribution is 0.0908. The Hall–Kier alpha value is -1.47. The van der Waals surface area contributed by atoms with Gasteiger partial charge in [0.2, 0.25) is 5.76 Å². The highest BCUT2D eigenvalue weighted by Gasteiger charge is 2.27. The SMILES string of the molecule is COc1ccc([C@@H]2C[C@H](C)C(Br)=C(C#N)O2)cc1. The molecule has 0 spiro atoms. The minimum Gasteiger partial charge on any atom is -0.497 e. The van der Waals surface area contributed by atoms with Crippen molar-refractivity contribution in [2.75, 3.05) is 7.11 Å². The van der Waals surface area contributed by atoms with E-state index in [1.165, 1.54) is 0 Å². The lowest BCUT2D eigenvalue weighted by atomic mass is 9.95. The van der Waals surface area contributed by atoms with Crippen LogP contribution in [0.2, 0.25) is 0 Å². The van der Waals surface area contributed by atoms with Gasteiger partial charge in [0.1, 0.15) is 17.9 Å². The van der Waals surface area contributed by atoms with Crippen molar-refractivity contribution in [1.29, 1.82) is 5.26 Å². The number of nitriles is 1. The predicted molar refractivity (Wildman–Crippen MR) is 72.2 cm³/mol. The third kappa shape index (κ3) is 2.51. The molecule has 94 valence electrons. The van der Waals surface area contributed by atoms with Gasteiger partial charge in [-0.15, -0.1) is 0 Å². The number of rotatable bonds is 2. The average molecular weight is 308 g/mol. The van der Waals surface area contributed by atoms with E-state index >= 15 is 0 Å². The van der Waals surface area contributed by atoms with Crippen molar-refractivity contribution in [3.63, 3.8) is 0 Å². The minimum absolute atomic E-state index is 0.0677. The van der Waals surface area contributed by atoms with Crippen molar-refractivity contribution in [2.45, 2.75) is 19.4 Å². The van der Waals surface area contributed by atoms with Crippen molar-refractivity contribution in [2.24, 2.45) is 5.92 Å². The van der Waals surface area contributed by atoms with E-state index in [-0.39, 0.29) is 6.10 Å². The number of methoxy groups -OCH3 is 1. The average Bonchev–Trinajstić information content (AvgIpc) is 2.42. The van der Waals surface area contributed by atoms with Crippen LogP contribution in [0.3, 0.4) is 0 Å². The van der Waals surface area contributed by atoms with E-state index in [0.29, 0.717) is 11.7 Å². The minimum atomic E-state index is -0.0677. The first-order valence-electron chi connectivity index (χ1n) is 5.76. The summed E-state index contributed by atoms with van der Waals surface area (Å²) >= 11 is 3.42. The summed E-state index contributed by atoms with van der Waals surface area (Å²) in [7, 11) is 1.64. The van der Waals surface area contributed by atoms with Crippen molar-refractivity contribution >= 4 is 15.9 Å². The van der Waals surface area contributed by atoms with Crippen molar-refractivity contribution in [1.82, 2.24) is 0 Å². The molecule has 0 N–H and O–H groups in total. The fourth-order valence-electron chi connectivity index (χ4n) is 2.00. The molecule has 0 bridgehead atoms. The zero-order valence-corrected chi connectivity index (χ0v) is 11.9. The van der Waals surface area contributed by atoms with Crippen LogP contribution in [0, 0.1) is 17.2 Å². The number of allylic oxidation sites excluding steroid dienone is 2. The third-order valence-corrected chi connectivity index (χ3v) is 4.21. The summed E-state index contributed by atoms with van der Waals surface area (Å²) in [5, 5.41) is 9.04. The van der Waals surface area contributed by atoms with Gasteiger partial charge in [-0.05, 0) is 30.0 Å². The molecule has 0 aliphatic carbocycles. The molecule has 1 aliphatic heterocycles. The van der Waals surface area contributed by atoms with Crippen LogP contribution in [-0.4, -0.2) is 7.11 Å². The molecular formula is C14H14BrNO2. The molecule has 1 aromatic rings. The normalized spacial score (nSPS) is 23.2. The predicted octanol–water partition coefficient (Wildman–Crippen LogP) is 3.92. The summed E-state index contributed by atoms with van der Waals surface area (Å²) in [6.07, 6.45) is 0.791. The zero-order chi connectivity index (χ0) is 13.1. The van der Waals surface area contributed by atoms with Crippen LogP contribution in [0.25, 0.3) is 0 Å². The molecule has 2 rings (SSSR count). The van der Waals surface area contributed by atoms with E-state index in [1.54, 1.807) is 7.11 Å². The quantitative estimate of drug-likeness (QED) is 0.831. The van der Waals surface area contributed by atoms with Gasteiger partial charge < -0.3 is 9.47 Å². The van der Waals surface area contributed by atoms with Gasteiger partial charge in [0.05, 0.1) is 11.6 Å². The summed E-state index contributed by atoms with van der Waals surface area (Å²) in [4.78, 5) is 0. The Morgan fingerprint density at radius 1 is 1.39 bits per heavy atom. The van der Waals surface area contributed by atoms with Gasteiger partial charge in [0.25, 0.3) is 0 Å². The molecule has 0 saturated carbocycles. The smallest absolute Gasteiger partial charge is 0.208 e. The molecule has 18 heavy (non-hydrogen) atoms. The van der Waals surface area contributed by atoms with Gasteiger partial charge in [-0.3, -0.25) is 0 Å². The Balaban J connectivity index is 2.23. The molecule has 2 atom stereocenters. The van der Waals surface area contributed by atoms with Gasteiger partial charge in [0, 0.05) is 0 Å². The zero-order valence-electron chi connectivity index (χ0n) is 10.3. The van der Waals surface area contributed by atoms with Gasteiger partial charge >= 0.3 is 0 Å². The lowest BCUT2D eigenvalue weighted by Gasteiger charge is -2.28. The first kappa shape index (κ1) is 13.0. The van der Waals surface area contributed by atoms with Crippen LogP contribution in [0.4, 0.5) is 0 Å². The molecule has 1 aromatic carbocycles. The Labute approximate surface area is 115 Å². The number of hydrogen-bond acceptors (Lipinski definition) is 3. The largest absolute Gasteiger partial charge is 0.497 e. The maximum absolute atomic E-state index is 9.04. The van der Waals surface area contributed by atoms with E-state index in [1.807, 2.05) is 24.3 Å². The Morgan fingerprint density at radius 2 is 2.06 bits per heavy atom. The lowest BCUT2D eigenvalue weighted by Crippen LogP contribution is -2.16. The molecule has 0 radical (unpaired) electrons. The van der Waals surface area contributed by atoms with E-state index < -0.39 is 0 Å². The number of halogens is 1. The highest BCUT2D eigenvalue weighted by Crippen LogP contribution is 2.39. The monoisotopic (exact) mass is 307 g/mol. The van der Waals surface area contributed by atoms with Gasteiger partial charge in [0.15, 0.2) is 0 Å². The topological polar surface area (TPSA) is 42.2 Å². The summed E-state index contributed by atoms with van der Waals surface area (Å²) < 4.78 is 11.7. The first-order valence-corrected chi connectivity index (χ1v) is 6.55. The molecule has 4 heteroatoms. The van der Waals surface area contributed by atoms with E-state index in [2.05, 4.69) is 28.9 Å². The molecular weight excluding hydrogens is 294 g/mol. The third-order valence-electron chi connectivity index (χ3n) is 3.07. The highest BCUT2D eigenvalue weighted by atomic mass is 79.9. The highest BCUT2D eigenvalue weighted by molar-refractivity contribution is 9.11. The molecule has 1 heterocycles. The summed E-state index contributed by atoms with van der Waals surface area (Å²) in [6, 6.07) is 9.86.